The first-order valence-corrected chi connectivity index (χ1v) is 5.81. The fourth-order valence-corrected chi connectivity index (χ4v) is 1.83. The van der Waals surface area contributed by atoms with Gasteiger partial charge in [-0.25, -0.2) is 4.39 Å². The summed E-state index contributed by atoms with van der Waals surface area (Å²) < 4.78 is 19.0. The molecule has 4 heteroatoms. The quantitative estimate of drug-likeness (QED) is 0.907. The van der Waals surface area contributed by atoms with Crippen molar-refractivity contribution in [3.05, 3.63) is 58.4 Å². The molecule has 18 heavy (non-hydrogen) atoms. The van der Waals surface area contributed by atoms with E-state index in [1.807, 2.05) is 0 Å². The number of phenols is 1. The van der Waals surface area contributed by atoms with Crippen LogP contribution in [0.15, 0.2) is 36.4 Å². The number of benzene rings is 2. The van der Waals surface area contributed by atoms with E-state index in [1.165, 1.54) is 12.1 Å². The Balaban J connectivity index is 2.16. The van der Waals surface area contributed by atoms with Gasteiger partial charge in [0.15, 0.2) is 0 Å². The van der Waals surface area contributed by atoms with E-state index < -0.39 is 0 Å². The fourth-order valence-electron chi connectivity index (χ4n) is 1.62. The molecule has 2 nitrogen and oxygen atoms in total. The van der Waals surface area contributed by atoms with E-state index in [-0.39, 0.29) is 18.2 Å². The Labute approximate surface area is 110 Å². The number of rotatable bonds is 3. The summed E-state index contributed by atoms with van der Waals surface area (Å²) in [6, 6.07) is 9.25. The van der Waals surface area contributed by atoms with Gasteiger partial charge in [-0.2, -0.15) is 0 Å². The summed E-state index contributed by atoms with van der Waals surface area (Å²) in [5.74, 6) is 0.370. The van der Waals surface area contributed by atoms with E-state index in [2.05, 4.69) is 0 Å². The summed E-state index contributed by atoms with van der Waals surface area (Å²) in [4.78, 5) is 0. The Kier molecular flexibility index (Phi) is 3.72. The van der Waals surface area contributed by atoms with Crippen LogP contribution in [0.2, 0.25) is 5.02 Å². The number of ether oxygens (including phenoxy) is 1. The number of hydrogen-bond donors (Lipinski definition) is 1. The zero-order chi connectivity index (χ0) is 13.1. The van der Waals surface area contributed by atoms with Gasteiger partial charge in [-0.1, -0.05) is 17.7 Å². The minimum atomic E-state index is -0.390. The molecule has 0 fully saturated rings. The van der Waals surface area contributed by atoms with Gasteiger partial charge in [-0.15, -0.1) is 0 Å². The van der Waals surface area contributed by atoms with Gasteiger partial charge in [0.25, 0.3) is 0 Å². The average Bonchev–Trinajstić information content (AvgIpc) is 2.31. The summed E-state index contributed by atoms with van der Waals surface area (Å²) in [6.45, 7) is 1.86. The summed E-state index contributed by atoms with van der Waals surface area (Å²) in [6.07, 6.45) is 0. The van der Waals surface area contributed by atoms with Gasteiger partial charge >= 0.3 is 0 Å². The largest absolute Gasteiger partial charge is 0.508 e. The molecule has 94 valence electrons. The van der Waals surface area contributed by atoms with Crippen LogP contribution in [0.5, 0.6) is 11.5 Å². The third kappa shape index (κ3) is 2.74. The molecule has 2 rings (SSSR count). The molecule has 0 radical (unpaired) electrons. The number of aromatic hydroxyl groups is 1. The van der Waals surface area contributed by atoms with Crippen LogP contribution in [-0.4, -0.2) is 5.11 Å². The van der Waals surface area contributed by atoms with Crippen molar-refractivity contribution < 1.29 is 14.2 Å². The van der Waals surface area contributed by atoms with Crippen molar-refractivity contribution in [2.75, 3.05) is 0 Å². The highest BCUT2D eigenvalue weighted by molar-refractivity contribution is 6.31. The van der Waals surface area contributed by atoms with E-state index in [1.54, 1.807) is 31.2 Å². The molecule has 0 saturated carbocycles. The Hall–Kier alpha value is -1.74. The van der Waals surface area contributed by atoms with Crippen molar-refractivity contribution in [3.8, 4) is 11.5 Å². The highest BCUT2D eigenvalue weighted by atomic mass is 35.5. The van der Waals surface area contributed by atoms with Gasteiger partial charge in [-0.05, 0) is 42.8 Å². The monoisotopic (exact) mass is 266 g/mol. The lowest BCUT2D eigenvalue weighted by Crippen LogP contribution is -2.00. The molecule has 0 aromatic heterocycles. The molecule has 0 aliphatic rings. The molecule has 1 N–H and O–H groups in total. The van der Waals surface area contributed by atoms with Gasteiger partial charge in [-0.3, -0.25) is 0 Å². The lowest BCUT2D eigenvalue weighted by Gasteiger charge is -2.11. The molecular formula is C14H12ClFO2. The van der Waals surface area contributed by atoms with Gasteiger partial charge in [0.2, 0.25) is 0 Å². The molecule has 0 amide bonds. The normalized spacial score (nSPS) is 10.4. The van der Waals surface area contributed by atoms with Gasteiger partial charge in [0.05, 0.1) is 5.02 Å². The third-order valence-corrected chi connectivity index (χ3v) is 2.95. The Bertz CT molecular complexity index is 549. The van der Waals surface area contributed by atoms with E-state index in [9.17, 15) is 9.50 Å². The lowest BCUT2D eigenvalue weighted by molar-refractivity contribution is 0.297. The predicted octanol–water partition coefficient (Wildman–Crippen LogP) is 4.07. The maximum Gasteiger partial charge on any atom is 0.131 e. The average molecular weight is 267 g/mol. The van der Waals surface area contributed by atoms with E-state index >= 15 is 0 Å². The zero-order valence-corrected chi connectivity index (χ0v) is 10.5. The van der Waals surface area contributed by atoms with Gasteiger partial charge in [0, 0.05) is 5.56 Å². The van der Waals surface area contributed by atoms with Crippen LogP contribution in [-0.2, 0) is 6.61 Å². The Morgan fingerprint density at radius 2 is 2.06 bits per heavy atom. The first kappa shape index (κ1) is 12.7. The van der Waals surface area contributed by atoms with Crippen molar-refractivity contribution in [2.45, 2.75) is 13.5 Å². The Morgan fingerprint density at radius 1 is 1.28 bits per heavy atom. The second-order valence-corrected chi connectivity index (χ2v) is 4.35. The molecule has 0 spiro atoms. The first-order valence-electron chi connectivity index (χ1n) is 5.43. The fraction of sp³-hybridized carbons (Fsp3) is 0.143. The lowest BCUT2D eigenvalue weighted by atomic mass is 10.2. The summed E-state index contributed by atoms with van der Waals surface area (Å²) in [7, 11) is 0. The SMILES string of the molecule is Cc1cc(O)ccc1OCc1c(F)cccc1Cl. The molecule has 0 aliphatic carbocycles. The molecular weight excluding hydrogens is 255 g/mol. The van der Waals surface area contributed by atoms with Gasteiger partial charge < -0.3 is 9.84 Å². The van der Waals surface area contributed by atoms with Crippen molar-refractivity contribution in [2.24, 2.45) is 0 Å². The molecule has 0 unspecified atom stereocenters. The molecule has 2 aromatic carbocycles. The second-order valence-electron chi connectivity index (χ2n) is 3.94. The van der Waals surface area contributed by atoms with E-state index in [4.69, 9.17) is 16.3 Å². The predicted molar refractivity (Wildman–Crippen MR) is 68.6 cm³/mol. The molecule has 0 aliphatic heterocycles. The van der Waals surface area contributed by atoms with Crippen LogP contribution in [0.4, 0.5) is 4.39 Å². The molecule has 0 heterocycles. The van der Waals surface area contributed by atoms with Crippen LogP contribution in [0.3, 0.4) is 0 Å². The van der Waals surface area contributed by atoms with Crippen molar-refractivity contribution in [3.63, 3.8) is 0 Å². The smallest absolute Gasteiger partial charge is 0.131 e. The molecule has 0 bridgehead atoms. The van der Waals surface area contributed by atoms with Gasteiger partial charge in [0.1, 0.15) is 23.9 Å². The van der Waals surface area contributed by atoms with Crippen molar-refractivity contribution in [1.82, 2.24) is 0 Å². The third-order valence-electron chi connectivity index (χ3n) is 2.59. The van der Waals surface area contributed by atoms with E-state index in [0.717, 1.165) is 5.56 Å². The zero-order valence-electron chi connectivity index (χ0n) is 9.78. The molecule has 0 saturated heterocycles. The van der Waals surface area contributed by atoms with Crippen LogP contribution in [0.1, 0.15) is 11.1 Å². The van der Waals surface area contributed by atoms with E-state index in [0.29, 0.717) is 16.3 Å². The summed E-state index contributed by atoms with van der Waals surface area (Å²) in [5, 5.41) is 9.61. The first-order chi connectivity index (χ1) is 8.58. The number of phenolic OH excluding ortho intramolecular Hbond substituents is 1. The maximum absolute atomic E-state index is 13.5. The number of hydrogen-bond acceptors (Lipinski definition) is 2. The topological polar surface area (TPSA) is 29.5 Å². The summed E-state index contributed by atoms with van der Waals surface area (Å²) in [5.41, 5.74) is 1.11. The number of aryl methyl sites for hydroxylation is 1. The van der Waals surface area contributed by atoms with Crippen LogP contribution < -0.4 is 4.74 Å². The van der Waals surface area contributed by atoms with Crippen molar-refractivity contribution in [1.29, 1.82) is 0 Å². The van der Waals surface area contributed by atoms with Crippen LogP contribution in [0.25, 0.3) is 0 Å². The maximum atomic E-state index is 13.5. The van der Waals surface area contributed by atoms with Crippen LogP contribution >= 0.6 is 11.6 Å². The van der Waals surface area contributed by atoms with Crippen LogP contribution in [0, 0.1) is 12.7 Å². The molecule has 0 atom stereocenters. The Morgan fingerprint density at radius 3 is 2.72 bits per heavy atom. The highest BCUT2D eigenvalue weighted by Gasteiger charge is 2.08. The standard InChI is InChI=1S/C14H12ClFO2/c1-9-7-10(17)5-6-14(9)18-8-11-12(15)3-2-4-13(11)16/h2-7,17H,8H2,1H3. The van der Waals surface area contributed by atoms with Crippen molar-refractivity contribution >= 4 is 11.6 Å². The minimum Gasteiger partial charge on any atom is -0.508 e. The number of halogens is 2. The highest BCUT2D eigenvalue weighted by Crippen LogP contribution is 2.25. The minimum absolute atomic E-state index is 0.0527. The molecule has 2 aromatic rings. The summed E-state index contributed by atoms with van der Waals surface area (Å²) >= 11 is 5.90. The second kappa shape index (κ2) is 5.27.